The number of aliphatic hydroxyl groups excluding tert-OH is 1. The molecule has 0 rings (SSSR count). The van der Waals surface area contributed by atoms with Crippen molar-refractivity contribution >= 4 is 39.5 Å². The summed E-state index contributed by atoms with van der Waals surface area (Å²) in [5.41, 5.74) is 0. The highest BCUT2D eigenvalue weighted by Crippen LogP contribution is 2.45. The predicted molar refractivity (Wildman–Crippen MR) is 382 cm³/mol. The first-order valence-electron chi connectivity index (χ1n) is 39.1. The topological polar surface area (TPSA) is 237 Å². The summed E-state index contributed by atoms with van der Waals surface area (Å²) in [5, 5.41) is 10.6. The van der Waals surface area contributed by atoms with Crippen molar-refractivity contribution in [3.05, 3.63) is 0 Å². The van der Waals surface area contributed by atoms with E-state index in [4.69, 9.17) is 37.0 Å². The molecular formula is C75H146O17P2. The van der Waals surface area contributed by atoms with Crippen molar-refractivity contribution in [2.24, 2.45) is 5.92 Å². The van der Waals surface area contributed by atoms with Gasteiger partial charge >= 0.3 is 39.5 Å². The van der Waals surface area contributed by atoms with Crippen LogP contribution in [0.3, 0.4) is 0 Å². The summed E-state index contributed by atoms with van der Waals surface area (Å²) in [5.74, 6) is -1.46. The van der Waals surface area contributed by atoms with Crippen LogP contribution >= 0.6 is 15.6 Å². The van der Waals surface area contributed by atoms with Crippen LogP contribution in [-0.2, 0) is 65.4 Å². The zero-order chi connectivity index (χ0) is 69.1. The van der Waals surface area contributed by atoms with Crippen molar-refractivity contribution in [2.75, 3.05) is 39.6 Å². The molecule has 0 spiro atoms. The minimum Gasteiger partial charge on any atom is -0.462 e. The lowest BCUT2D eigenvalue weighted by molar-refractivity contribution is -0.161. The first-order chi connectivity index (χ1) is 45.5. The number of carbonyl (C=O) groups is 4. The van der Waals surface area contributed by atoms with Crippen LogP contribution < -0.4 is 0 Å². The molecule has 0 amide bonds. The third-order valence-electron chi connectivity index (χ3n) is 17.5. The quantitative estimate of drug-likeness (QED) is 0.0222. The molecule has 17 nitrogen and oxygen atoms in total. The molecule has 94 heavy (non-hydrogen) atoms. The third kappa shape index (κ3) is 68.6. The van der Waals surface area contributed by atoms with E-state index in [0.29, 0.717) is 31.6 Å². The normalized spacial score (nSPS) is 14.0. The van der Waals surface area contributed by atoms with Gasteiger partial charge < -0.3 is 33.8 Å². The van der Waals surface area contributed by atoms with Gasteiger partial charge in [0.2, 0.25) is 0 Å². The van der Waals surface area contributed by atoms with Gasteiger partial charge in [-0.25, -0.2) is 9.13 Å². The molecule has 558 valence electrons. The molecule has 0 bridgehead atoms. The molecule has 0 fully saturated rings. The number of ether oxygens (including phenoxy) is 4. The van der Waals surface area contributed by atoms with Gasteiger partial charge in [-0.05, 0) is 31.6 Å². The smallest absolute Gasteiger partial charge is 0.462 e. The van der Waals surface area contributed by atoms with E-state index in [9.17, 15) is 43.2 Å². The van der Waals surface area contributed by atoms with Crippen LogP contribution in [0, 0.1) is 5.92 Å². The standard InChI is InChI=1S/C75H146O17P2/c1-6-9-12-15-18-20-22-24-26-28-29-30-31-33-35-37-39-41-44-50-55-60-74(79)91-70(65-86-73(78)59-54-49-43-40-38-36-34-32-27-25-23-21-19-16-13-10-7-2)66-89-93(81,82)87-62-69(76)63-88-94(83,84)90-67-71(64-85-72(77)58-53-48-42-17-14-11-8-3)92-75(80)61-56-51-46-45-47-52-57-68(4)5/h68-71,76H,6-67H2,1-5H3,(H,81,82)(H,83,84)/t69-,70-,71-/m1/s1. The molecule has 0 aromatic carbocycles. The van der Waals surface area contributed by atoms with E-state index in [0.717, 1.165) is 103 Å². The van der Waals surface area contributed by atoms with Crippen molar-refractivity contribution in [3.63, 3.8) is 0 Å². The van der Waals surface area contributed by atoms with E-state index in [-0.39, 0.29) is 25.7 Å². The molecule has 3 N–H and O–H groups in total. The van der Waals surface area contributed by atoms with Gasteiger partial charge in [0.25, 0.3) is 0 Å². The van der Waals surface area contributed by atoms with Crippen LogP contribution in [0.4, 0.5) is 0 Å². The van der Waals surface area contributed by atoms with Gasteiger partial charge in [-0.3, -0.25) is 37.3 Å². The second-order valence-corrected chi connectivity index (χ2v) is 30.4. The van der Waals surface area contributed by atoms with Gasteiger partial charge in [0.05, 0.1) is 26.4 Å². The van der Waals surface area contributed by atoms with E-state index >= 15 is 0 Å². The van der Waals surface area contributed by atoms with Crippen molar-refractivity contribution in [2.45, 2.75) is 412 Å². The lowest BCUT2D eigenvalue weighted by Gasteiger charge is -2.21. The Balaban J connectivity index is 5.14. The molecular weight excluding hydrogens is 1230 g/mol. The largest absolute Gasteiger partial charge is 0.472 e. The van der Waals surface area contributed by atoms with Crippen LogP contribution in [0.25, 0.3) is 0 Å². The van der Waals surface area contributed by atoms with Crippen LogP contribution in [0.1, 0.15) is 394 Å². The van der Waals surface area contributed by atoms with E-state index in [2.05, 4.69) is 34.6 Å². The fraction of sp³-hybridized carbons (Fsp3) is 0.947. The molecule has 0 aromatic rings. The molecule has 0 aliphatic rings. The lowest BCUT2D eigenvalue weighted by Crippen LogP contribution is -2.30. The molecule has 0 saturated heterocycles. The van der Waals surface area contributed by atoms with Crippen molar-refractivity contribution < 1.29 is 80.2 Å². The molecule has 0 aliphatic carbocycles. The minimum absolute atomic E-state index is 0.102. The van der Waals surface area contributed by atoms with Gasteiger partial charge in [-0.2, -0.15) is 0 Å². The highest BCUT2D eigenvalue weighted by atomic mass is 31.2. The maximum absolute atomic E-state index is 13.1. The summed E-state index contributed by atoms with van der Waals surface area (Å²) in [4.78, 5) is 72.5. The Kier molecular flexibility index (Phi) is 66.8. The summed E-state index contributed by atoms with van der Waals surface area (Å²) in [6, 6.07) is 0. The Morgan fingerprint density at radius 3 is 0.723 bits per heavy atom. The Bertz CT molecular complexity index is 1810. The number of unbranched alkanes of at least 4 members (excludes halogenated alkanes) is 47. The van der Waals surface area contributed by atoms with Gasteiger partial charge in [-0.15, -0.1) is 0 Å². The molecule has 0 heterocycles. The Morgan fingerprint density at radius 2 is 0.489 bits per heavy atom. The number of carbonyl (C=O) groups excluding carboxylic acids is 4. The molecule has 0 radical (unpaired) electrons. The summed E-state index contributed by atoms with van der Waals surface area (Å²) >= 11 is 0. The zero-order valence-electron chi connectivity index (χ0n) is 61.1. The molecule has 0 aromatic heterocycles. The Morgan fingerprint density at radius 1 is 0.287 bits per heavy atom. The second-order valence-electron chi connectivity index (χ2n) is 27.5. The summed E-state index contributed by atoms with van der Waals surface area (Å²) < 4.78 is 68.3. The van der Waals surface area contributed by atoms with Gasteiger partial charge in [-0.1, -0.05) is 343 Å². The number of phosphoric ester groups is 2. The number of rotatable bonds is 75. The van der Waals surface area contributed by atoms with Crippen molar-refractivity contribution in [3.8, 4) is 0 Å². The van der Waals surface area contributed by atoms with Crippen LogP contribution in [0.15, 0.2) is 0 Å². The lowest BCUT2D eigenvalue weighted by atomic mass is 10.0. The SMILES string of the molecule is CCCCCCCCCCCCCCCCCCCCCCCC(=O)O[C@H](COC(=O)CCCCCCCCCCCCCCCCCCC)COP(=O)(O)OC[C@@H](O)COP(=O)(O)OC[C@@H](COC(=O)CCCCCCCCC)OC(=O)CCCCCCCCC(C)C. The number of aliphatic hydroxyl groups is 1. The van der Waals surface area contributed by atoms with Crippen LogP contribution in [0.2, 0.25) is 0 Å². The average Bonchev–Trinajstić information content (AvgIpc) is 1.39. The van der Waals surface area contributed by atoms with Gasteiger partial charge in [0.15, 0.2) is 12.2 Å². The van der Waals surface area contributed by atoms with Gasteiger partial charge in [0, 0.05) is 25.7 Å². The fourth-order valence-electron chi connectivity index (χ4n) is 11.5. The summed E-state index contributed by atoms with van der Waals surface area (Å²) in [6.07, 6.45) is 57.4. The predicted octanol–water partition coefficient (Wildman–Crippen LogP) is 22.1. The minimum atomic E-state index is -4.95. The van der Waals surface area contributed by atoms with E-state index in [1.54, 1.807) is 0 Å². The number of hydrogen-bond acceptors (Lipinski definition) is 15. The average molecular weight is 1380 g/mol. The highest BCUT2D eigenvalue weighted by Gasteiger charge is 2.30. The maximum atomic E-state index is 13.1. The van der Waals surface area contributed by atoms with E-state index in [1.165, 1.54) is 205 Å². The molecule has 19 heteroatoms. The van der Waals surface area contributed by atoms with Gasteiger partial charge in [0.1, 0.15) is 19.3 Å². The number of hydrogen-bond donors (Lipinski definition) is 3. The monoisotopic (exact) mass is 1380 g/mol. The van der Waals surface area contributed by atoms with Crippen LogP contribution in [-0.4, -0.2) is 96.7 Å². The van der Waals surface area contributed by atoms with Crippen LogP contribution in [0.5, 0.6) is 0 Å². The first-order valence-corrected chi connectivity index (χ1v) is 42.1. The van der Waals surface area contributed by atoms with E-state index in [1.807, 2.05) is 0 Å². The van der Waals surface area contributed by atoms with Crippen molar-refractivity contribution in [1.82, 2.24) is 0 Å². The summed E-state index contributed by atoms with van der Waals surface area (Å²) in [7, 11) is -9.90. The zero-order valence-corrected chi connectivity index (χ0v) is 62.9. The maximum Gasteiger partial charge on any atom is 0.472 e. The Labute approximate surface area is 575 Å². The molecule has 0 saturated carbocycles. The first kappa shape index (κ1) is 92.1. The molecule has 5 atom stereocenters. The number of esters is 4. The second kappa shape index (κ2) is 68.2. The fourth-order valence-corrected chi connectivity index (χ4v) is 13.1. The highest BCUT2D eigenvalue weighted by molar-refractivity contribution is 7.47. The third-order valence-corrected chi connectivity index (χ3v) is 19.4. The summed E-state index contributed by atoms with van der Waals surface area (Å²) in [6.45, 7) is 7.14. The van der Waals surface area contributed by atoms with E-state index < -0.39 is 97.5 Å². The molecule has 0 aliphatic heterocycles. The molecule has 2 unspecified atom stereocenters. The van der Waals surface area contributed by atoms with Crippen molar-refractivity contribution in [1.29, 1.82) is 0 Å². The number of phosphoric acid groups is 2. The Hall–Kier alpha value is -1.94.